The highest BCUT2D eigenvalue weighted by Gasteiger charge is 2.17. The van der Waals surface area contributed by atoms with Crippen molar-refractivity contribution >= 4 is 51.8 Å². The summed E-state index contributed by atoms with van der Waals surface area (Å²) < 4.78 is 11.2. The largest absolute Gasteiger partial charge is 0.490 e. The standard InChI is InChI=1S/C24H17Cl2N3O5/c25-14-5-7-16(18(26)11-14)23(30)29-19-8-6-15(12-17(19)24(31)32)33-9-10-34-22-13-27-20-3-1-2-4-21(20)28-22/h1-8,11-13H,9-10H2,(H,29,30)(H,31,32). The molecule has 172 valence electrons. The Morgan fingerprint density at radius 1 is 0.912 bits per heavy atom. The first-order valence-electron chi connectivity index (χ1n) is 10.0. The maximum Gasteiger partial charge on any atom is 0.337 e. The molecule has 0 spiro atoms. The van der Waals surface area contributed by atoms with E-state index in [0.717, 1.165) is 5.52 Å². The number of carboxylic acid groups (broad SMARTS) is 1. The first-order chi connectivity index (χ1) is 16.4. The van der Waals surface area contributed by atoms with Crippen LogP contribution in [0.2, 0.25) is 10.0 Å². The fourth-order valence-corrected chi connectivity index (χ4v) is 3.57. The van der Waals surface area contributed by atoms with Gasteiger partial charge in [0.05, 0.1) is 39.1 Å². The molecule has 10 heteroatoms. The predicted molar refractivity (Wildman–Crippen MR) is 128 cm³/mol. The Bertz CT molecular complexity index is 1380. The third kappa shape index (κ3) is 5.54. The molecule has 1 aromatic heterocycles. The van der Waals surface area contributed by atoms with Crippen LogP contribution in [0.15, 0.2) is 66.9 Å². The molecule has 0 bridgehead atoms. The van der Waals surface area contributed by atoms with Gasteiger partial charge in [0.25, 0.3) is 5.91 Å². The van der Waals surface area contributed by atoms with Crippen LogP contribution in [0.5, 0.6) is 11.6 Å². The van der Waals surface area contributed by atoms with Gasteiger partial charge in [-0.05, 0) is 48.5 Å². The van der Waals surface area contributed by atoms with E-state index in [2.05, 4.69) is 15.3 Å². The summed E-state index contributed by atoms with van der Waals surface area (Å²) in [6.07, 6.45) is 1.52. The molecular formula is C24H17Cl2N3O5. The summed E-state index contributed by atoms with van der Waals surface area (Å²) in [4.78, 5) is 32.9. The smallest absolute Gasteiger partial charge is 0.337 e. The molecule has 0 saturated carbocycles. The Morgan fingerprint density at radius 2 is 1.68 bits per heavy atom. The molecular weight excluding hydrogens is 481 g/mol. The van der Waals surface area contributed by atoms with E-state index in [-0.39, 0.29) is 35.1 Å². The summed E-state index contributed by atoms with van der Waals surface area (Å²) in [5.74, 6) is -1.14. The van der Waals surface area contributed by atoms with Crippen LogP contribution < -0.4 is 14.8 Å². The van der Waals surface area contributed by atoms with Crippen LogP contribution in [0.1, 0.15) is 20.7 Å². The normalized spacial score (nSPS) is 10.6. The summed E-state index contributed by atoms with van der Waals surface area (Å²) in [6, 6.07) is 16.1. The van der Waals surface area contributed by atoms with Crippen molar-refractivity contribution in [1.29, 1.82) is 0 Å². The number of carbonyl (C=O) groups excluding carboxylic acids is 1. The van der Waals surface area contributed by atoms with Gasteiger partial charge in [-0.3, -0.25) is 4.79 Å². The number of rotatable bonds is 8. The van der Waals surface area contributed by atoms with Crippen LogP contribution in [-0.4, -0.2) is 40.2 Å². The van der Waals surface area contributed by atoms with E-state index in [0.29, 0.717) is 22.2 Å². The molecule has 0 radical (unpaired) electrons. The molecule has 34 heavy (non-hydrogen) atoms. The molecule has 0 aliphatic rings. The van der Waals surface area contributed by atoms with Gasteiger partial charge in [-0.2, -0.15) is 0 Å². The second kappa shape index (κ2) is 10.4. The molecule has 0 aliphatic heterocycles. The second-order valence-corrected chi connectivity index (χ2v) is 7.83. The summed E-state index contributed by atoms with van der Waals surface area (Å²) >= 11 is 11.9. The van der Waals surface area contributed by atoms with Crippen molar-refractivity contribution in [3.05, 3.63) is 88.0 Å². The molecule has 0 fully saturated rings. The van der Waals surface area contributed by atoms with E-state index in [1.165, 1.54) is 36.5 Å². The zero-order valence-corrected chi connectivity index (χ0v) is 19.0. The van der Waals surface area contributed by atoms with E-state index in [1.54, 1.807) is 6.07 Å². The van der Waals surface area contributed by atoms with Crippen LogP contribution in [0.3, 0.4) is 0 Å². The van der Waals surface area contributed by atoms with Gasteiger partial charge in [-0.25, -0.2) is 14.8 Å². The fourth-order valence-electron chi connectivity index (χ4n) is 3.08. The molecule has 0 unspecified atom stereocenters. The van der Waals surface area contributed by atoms with Crippen molar-refractivity contribution in [2.75, 3.05) is 18.5 Å². The number of nitrogens with one attached hydrogen (secondary N) is 1. The first kappa shape index (κ1) is 23.3. The van der Waals surface area contributed by atoms with Crippen LogP contribution >= 0.6 is 23.2 Å². The quantitative estimate of drug-likeness (QED) is 0.315. The summed E-state index contributed by atoms with van der Waals surface area (Å²) in [5, 5.41) is 12.7. The van der Waals surface area contributed by atoms with Gasteiger partial charge in [0.2, 0.25) is 5.88 Å². The number of carboxylic acids is 1. The number of halogens is 2. The third-order valence-corrected chi connectivity index (χ3v) is 5.22. The number of hydrogen-bond donors (Lipinski definition) is 2. The molecule has 4 rings (SSSR count). The van der Waals surface area contributed by atoms with Crippen LogP contribution in [-0.2, 0) is 0 Å². The third-order valence-electron chi connectivity index (χ3n) is 4.67. The predicted octanol–water partition coefficient (Wildman–Crippen LogP) is 5.34. The number of para-hydroxylation sites is 2. The van der Waals surface area contributed by atoms with Crippen molar-refractivity contribution in [1.82, 2.24) is 9.97 Å². The number of amides is 1. The average molecular weight is 498 g/mol. The highest BCUT2D eigenvalue weighted by atomic mass is 35.5. The molecule has 1 amide bonds. The highest BCUT2D eigenvalue weighted by molar-refractivity contribution is 6.37. The van der Waals surface area contributed by atoms with E-state index >= 15 is 0 Å². The van der Waals surface area contributed by atoms with Crippen molar-refractivity contribution < 1.29 is 24.2 Å². The monoisotopic (exact) mass is 497 g/mol. The number of hydrogen-bond acceptors (Lipinski definition) is 6. The minimum atomic E-state index is -1.23. The molecule has 8 nitrogen and oxygen atoms in total. The molecule has 3 aromatic carbocycles. The van der Waals surface area contributed by atoms with Gasteiger partial charge in [0.1, 0.15) is 19.0 Å². The first-order valence-corrected chi connectivity index (χ1v) is 10.8. The van der Waals surface area contributed by atoms with Gasteiger partial charge in [-0.1, -0.05) is 35.3 Å². The lowest BCUT2D eigenvalue weighted by molar-refractivity contribution is 0.0697. The maximum absolute atomic E-state index is 12.5. The van der Waals surface area contributed by atoms with Crippen molar-refractivity contribution in [2.45, 2.75) is 0 Å². The second-order valence-electron chi connectivity index (χ2n) is 6.98. The Labute approximate surface area is 204 Å². The number of aromatic nitrogens is 2. The highest BCUT2D eigenvalue weighted by Crippen LogP contribution is 2.26. The zero-order valence-electron chi connectivity index (χ0n) is 17.5. The molecule has 4 aromatic rings. The number of ether oxygens (including phenoxy) is 2. The van der Waals surface area contributed by atoms with Gasteiger partial charge < -0.3 is 19.9 Å². The Hall–Kier alpha value is -3.88. The van der Waals surface area contributed by atoms with Gasteiger partial charge in [0, 0.05) is 5.02 Å². The number of nitrogens with zero attached hydrogens (tertiary/aromatic N) is 2. The van der Waals surface area contributed by atoms with Crippen molar-refractivity contribution in [3.63, 3.8) is 0 Å². The minimum Gasteiger partial charge on any atom is -0.490 e. The van der Waals surface area contributed by atoms with Crippen LogP contribution in [0.25, 0.3) is 11.0 Å². The topological polar surface area (TPSA) is 111 Å². The molecule has 2 N–H and O–H groups in total. The molecule has 1 heterocycles. The number of carbonyl (C=O) groups is 2. The summed E-state index contributed by atoms with van der Waals surface area (Å²) in [7, 11) is 0. The van der Waals surface area contributed by atoms with Gasteiger partial charge >= 0.3 is 5.97 Å². The average Bonchev–Trinajstić information content (AvgIpc) is 2.82. The summed E-state index contributed by atoms with van der Waals surface area (Å²) in [6.45, 7) is 0.308. The SMILES string of the molecule is O=C(Nc1ccc(OCCOc2cnc3ccccc3n2)cc1C(=O)O)c1ccc(Cl)cc1Cl. The van der Waals surface area contributed by atoms with E-state index in [4.69, 9.17) is 32.7 Å². The van der Waals surface area contributed by atoms with E-state index in [1.807, 2.05) is 24.3 Å². The number of benzene rings is 3. The Morgan fingerprint density at radius 3 is 2.44 bits per heavy atom. The zero-order chi connectivity index (χ0) is 24.1. The molecule has 0 saturated heterocycles. The van der Waals surface area contributed by atoms with Gasteiger partial charge in [-0.15, -0.1) is 0 Å². The van der Waals surface area contributed by atoms with E-state index in [9.17, 15) is 14.7 Å². The van der Waals surface area contributed by atoms with E-state index < -0.39 is 11.9 Å². The maximum atomic E-state index is 12.5. The molecule has 0 aliphatic carbocycles. The number of fused-ring (bicyclic) bond motifs is 1. The number of anilines is 1. The fraction of sp³-hybridized carbons (Fsp3) is 0.0833. The number of aromatic carboxylic acids is 1. The Kier molecular flexibility index (Phi) is 7.10. The Balaban J connectivity index is 1.38. The van der Waals surface area contributed by atoms with Crippen LogP contribution in [0.4, 0.5) is 5.69 Å². The lowest BCUT2D eigenvalue weighted by Crippen LogP contribution is -2.16. The lowest BCUT2D eigenvalue weighted by atomic mass is 10.1. The minimum absolute atomic E-state index is 0.0959. The molecule has 0 atom stereocenters. The van der Waals surface area contributed by atoms with Crippen molar-refractivity contribution in [2.24, 2.45) is 0 Å². The summed E-state index contributed by atoms with van der Waals surface area (Å²) in [5.41, 5.74) is 1.59. The lowest BCUT2D eigenvalue weighted by Gasteiger charge is -2.12. The van der Waals surface area contributed by atoms with Crippen molar-refractivity contribution in [3.8, 4) is 11.6 Å². The van der Waals surface area contributed by atoms with Gasteiger partial charge in [0.15, 0.2) is 0 Å². The van der Waals surface area contributed by atoms with Crippen LogP contribution in [0, 0.1) is 0 Å².